The van der Waals surface area contributed by atoms with Gasteiger partial charge in [0.2, 0.25) is 0 Å². The topological polar surface area (TPSA) is 111 Å². The standard InChI is InChI=1S/C24H31NO6/c1-13(2)17-5-4-15(24-23(29)22(28)21(27)20(12-26)31-24)11-16(17)9-14-3-6-19-18(10-14)25-7-8-30-19/h3-6,10-11,13,20-29H,7-9,12H2,1-2H3/t20?,21-,22?,23-,24?/m1/s1. The Balaban J connectivity index is 1.65. The molecule has 31 heavy (non-hydrogen) atoms. The van der Waals surface area contributed by atoms with E-state index in [1.165, 1.54) is 5.56 Å². The number of anilines is 1. The number of fused-ring (bicyclic) bond motifs is 1. The molecule has 3 unspecified atom stereocenters. The minimum atomic E-state index is -1.39. The van der Waals surface area contributed by atoms with Crippen LogP contribution in [0, 0.1) is 0 Å². The van der Waals surface area contributed by atoms with E-state index in [4.69, 9.17) is 9.47 Å². The molecular weight excluding hydrogens is 398 g/mol. The van der Waals surface area contributed by atoms with Crippen molar-refractivity contribution in [2.24, 2.45) is 0 Å². The average molecular weight is 430 g/mol. The van der Waals surface area contributed by atoms with Gasteiger partial charge in [0.1, 0.15) is 42.9 Å². The summed E-state index contributed by atoms with van der Waals surface area (Å²) in [6.07, 6.45) is -5.13. The first kappa shape index (κ1) is 22.0. The lowest BCUT2D eigenvalue weighted by molar-refractivity contribution is -0.231. The fraction of sp³-hybridized carbons (Fsp3) is 0.500. The quantitative estimate of drug-likeness (QED) is 0.492. The summed E-state index contributed by atoms with van der Waals surface area (Å²) in [4.78, 5) is 0. The highest BCUT2D eigenvalue weighted by Gasteiger charge is 2.44. The van der Waals surface area contributed by atoms with Crippen LogP contribution in [0.1, 0.15) is 48.1 Å². The number of hydrogen-bond donors (Lipinski definition) is 5. The second kappa shape index (κ2) is 9.14. The van der Waals surface area contributed by atoms with Crippen LogP contribution in [0.4, 0.5) is 5.69 Å². The Labute approximate surface area is 182 Å². The van der Waals surface area contributed by atoms with Crippen molar-refractivity contribution in [1.82, 2.24) is 0 Å². The molecule has 7 heteroatoms. The van der Waals surface area contributed by atoms with Crippen molar-refractivity contribution >= 4 is 5.69 Å². The number of nitrogens with one attached hydrogen (secondary N) is 1. The monoisotopic (exact) mass is 429 g/mol. The van der Waals surface area contributed by atoms with Crippen LogP contribution in [0.5, 0.6) is 5.75 Å². The summed E-state index contributed by atoms with van der Waals surface area (Å²) in [7, 11) is 0. The summed E-state index contributed by atoms with van der Waals surface area (Å²) in [5, 5.41) is 43.6. The van der Waals surface area contributed by atoms with Crippen molar-refractivity contribution in [1.29, 1.82) is 0 Å². The number of aliphatic hydroxyl groups is 4. The number of aliphatic hydroxyl groups excluding tert-OH is 4. The summed E-state index contributed by atoms with van der Waals surface area (Å²) in [6.45, 7) is 5.26. The van der Waals surface area contributed by atoms with E-state index in [0.29, 0.717) is 24.5 Å². The first-order valence-electron chi connectivity index (χ1n) is 10.8. The van der Waals surface area contributed by atoms with Crippen molar-refractivity contribution in [2.45, 2.75) is 56.7 Å². The molecule has 2 aromatic carbocycles. The average Bonchev–Trinajstić information content (AvgIpc) is 2.77. The summed E-state index contributed by atoms with van der Waals surface area (Å²) in [5.41, 5.74) is 5.11. The molecule has 0 aromatic heterocycles. The molecule has 1 saturated heterocycles. The number of ether oxygens (including phenoxy) is 2. The largest absolute Gasteiger partial charge is 0.490 e. The fourth-order valence-electron chi connectivity index (χ4n) is 4.41. The van der Waals surface area contributed by atoms with Crippen molar-refractivity contribution in [3.63, 3.8) is 0 Å². The van der Waals surface area contributed by atoms with Gasteiger partial charge in [-0.3, -0.25) is 0 Å². The van der Waals surface area contributed by atoms with Crippen molar-refractivity contribution < 1.29 is 29.9 Å². The minimum absolute atomic E-state index is 0.304. The molecule has 168 valence electrons. The van der Waals surface area contributed by atoms with Gasteiger partial charge < -0.3 is 35.2 Å². The third kappa shape index (κ3) is 4.42. The Morgan fingerprint density at radius 1 is 1.03 bits per heavy atom. The third-order valence-corrected chi connectivity index (χ3v) is 6.12. The van der Waals surface area contributed by atoms with Crippen LogP contribution in [0.3, 0.4) is 0 Å². The maximum absolute atomic E-state index is 10.5. The van der Waals surface area contributed by atoms with Gasteiger partial charge >= 0.3 is 0 Å². The van der Waals surface area contributed by atoms with Gasteiger partial charge in [0.25, 0.3) is 0 Å². The van der Waals surface area contributed by atoms with Gasteiger partial charge in [-0.1, -0.05) is 38.1 Å². The molecule has 0 radical (unpaired) electrons. The van der Waals surface area contributed by atoms with Crippen LogP contribution in [0.25, 0.3) is 0 Å². The van der Waals surface area contributed by atoms with E-state index in [1.807, 2.05) is 24.3 Å². The number of benzene rings is 2. The smallest absolute Gasteiger partial charge is 0.142 e. The maximum Gasteiger partial charge on any atom is 0.142 e. The van der Waals surface area contributed by atoms with E-state index >= 15 is 0 Å². The van der Waals surface area contributed by atoms with Crippen molar-refractivity contribution in [3.05, 3.63) is 58.7 Å². The predicted molar refractivity (Wildman–Crippen MR) is 116 cm³/mol. The lowest BCUT2D eigenvalue weighted by Crippen LogP contribution is -2.55. The van der Waals surface area contributed by atoms with Crippen LogP contribution in [0.15, 0.2) is 36.4 Å². The van der Waals surface area contributed by atoms with Gasteiger partial charge in [-0.05, 0) is 46.7 Å². The van der Waals surface area contributed by atoms with E-state index in [1.54, 1.807) is 0 Å². The molecule has 5 atom stereocenters. The van der Waals surface area contributed by atoms with Crippen LogP contribution in [-0.4, -0.2) is 64.6 Å². The molecule has 2 heterocycles. The molecule has 5 N–H and O–H groups in total. The van der Waals surface area contributed by atoms with E-state index in [0.717, 1.165) is 29.1 Å². The summed E-state index contributed by atoms with van der Waals surface area (Å²) >= 11 is 0. The molecule has 1 fully saturated rings. The normalized spacial score (nSPS) is 28.0. The van der Waals surface area contributed by atoms with E-state index in [-0.39, 0.29) is 0 Å². The molecule has 2 aliphatic heterocycles. The van der Waals surface area contributed by atoms with Gasteiger partial charge in [-0.2, -0.15) is 0 Å². The Kier molecular flexibility index (Phi) is 6.50. The molecule has 0 aliphatic carbocycles. The first-order valence-corrected chi connectivity index (χ1v) is 10.8. The van der Waals surface area contributed by atoms with Crippen LogP contribution in [-0.2, 0) is 11.2 Å². The second-order valence-electron chi connectivity index (χ2n) is 8.64. The van der Waals surface area contributed by atoms with Crippen LogP contribution < -0.4 is 10.1 Å². The van der Waals surface area contributed by atoms with Crippen LogP contribution >= 0.6 is 0 Å². The Morgan fingerprint density at radius 2 is 1.84 bits per heavy atom. The zero-order valence-corrected chi connectivity index (χ0v) is 17.9. The van der Waals surface area contributed by atoms with Crippen molar-refractivity contribution in [3.8, 4) is 5.75 Å². The van der Waals surface area contributed by atoms with E-state index < -0.39 is 37.1 Å². The Hall–Kier alpha value is -2.16. The van der Waals surface area contributed by atoms with Gasteiger partial charge in [-0.25, -0.2) is 0 Å². The maximum atomic E-state index is 10.5. The Morgan fingerprint density at radius 3 is 2.58 bits per heavy atom. The number of hydrogen-bond acceptors (Lipinski definition) is 7. The SMILES string of the molecule is CC(C)c1ccc(C2OC(CO)[C@@H](O)C(O)[C@H]2O)cc1Cc1ccc2c(c1)NCCO2. The highest BCUT2D eigenvalue weighted by atomic mass is 16.5. The molecule has 4 rings (SSSR count). The Bertz CT molecular complexity index is 915. The molecule has 0 saturated carbocycles. The lowest BCUT2D eigenvalue weighted by atomic mass is 9.86. The zero-order valence-electron chi connectivity index (χ0n) is 17.9. The third-order valence-electron chi connectivity index (χ3n) is 6.12. The molecule has 0 amide bonds. The molecule has 0 spiro atoms. The van der Waals surface area contributed by atoms with Gasteiger partial charge in [0.15, 0.2) is 0 Å². The van der Waals surface area contributed by atoms with Gasteiger partial charge in [0.05, 0.1) is 12.3 Å². The fourth-order valence-corrected chi connectivity index (χ4v) is 4.41. The van der Waals surface area contributed by atoms with Gasteiger partial charge in [-0.15, -0.1) is 0 Å². The zero-order chi connectivity index (χ0) is 22.1. The summed E-state index contributed by atoms with van der Waals surface area (Å²) < 4.78 is 11.4. The van der Waals surface area contributed by atoms with E-state index in [2.05, 4.69) is 31.3 Å². The molecular formula is C24H31NO6. The predicted octanol–water partition coefficient (Wildman–Crippen LogP) is 1.72. The van der Waals surface area contributed by atoms with Gasteiger partial charge in [0, 0.05) is 6.54 Å². The lowest BCUT2D eigenvalue weighted by Gasteiger charge is -2.40. The first-order chi connectivity index (χ1) is 14.9. The highest BCUT2D eigenvalue weighted by molar-refractivity contribution is 5.60. The highest BCUT2D eigenvalue weighted by Crippen LogP contribution is 2.35. The summed E-state index contributed by atoms with van der Waals surface area (Å²) in [5.74, 6) is 1.16. The number of rotatable bonds is 5. The second-order valence-corrected chi connectivity index (χ2v) is 8.64. The van der Waals surface area contributed by atoms with Crippen LogP contribution in [0.2, 0.25) is 0 Å². The minimum Gasteiger partial charge on any atom is -0.490 e. The molecule has 7 nitrogen and oxygen atoms in total. The molecule has 2 aliphatic rings. The molecule has 0 bridgehead atoms. The van der Waals surface area contributed by atoms with Crippen molar-refractivity contribution in [2.75, 3.05) is 25.1 Å². The summed E-state index contributed by atoms with van der Waals surface area (Å²) in [6, 6.07) is 12.0. The van der Waals surface area contributed by atoms with E-state index in [9.17, 15) is 20.4 Å². The molecule has 2 aromatic rings.